The van der Waals surface area contributed by atoms with Gasteiger partial charge in [-0.3, -0.25) is 4.99 Å². The van der Waals surface area contributed by atoms with Crippen molar-refractivity contribution in [2.45, 2.75) is 12.8 Å². The van der Waals surface area contributed by atoms with E-state index in [1.165, 1.54) is 0 Å². The predicted octanol–water partition coefficient (Wildman–Crippen LogP) is 3.87. The molecule has 0 spiro atoms. The Bertz CT molecular complexity index is 853. The summed E-state index contributed by atoms with van der Waals surface area (Å²) < 4.78 is 5.65. The molecule has 4 N–H and O–H groups in total. The topological polar surface area (TPSA) is 90.4 Å². The second kappa shape index (κ2) is 7.85. The minimum Gasteiger partial charge on any atom is -0.370 e. The summed E-state index contributed by atoms with van der Waals surface area (Å²) >= 11 is 5.99. The van der Waals surface area contributed by atoms with Crippen LogP contribution >= 0.6 is 11.6 Å². The highest BCUT2D eigenvalue weighted by atomic mass is 35.5. The van der Waals surface area contributed by atoms with Gasteiger partial charge in [-0.15, -0.1) is 0 Å². The highest BCUT2D eigenvalue weighted by molar-refractivity contribution is 6.30. The van der Waals surface area contributed by atoms with E-state index in [0.29, 0.717) is 18.0 Å². The Hall–Kier alpha value is -2.79. The van der Waals surface area contributed by atoms with Crippen molar-refractivity contribution in [1.29, 1.82) is 0 Å². The second-order valence-electron chi connectivity index (χ2n) is 5.61. The molecule has 5 nitrogen and oxygen atoms in total. The molecule has 25 heavy (non-hydrogen) atoms. The molecule has 1 aromatic heterocycles. The molecule has 0 aliphatic rings. The van der Waals surface area contributed by atoms with Gasteiger partial charge in [0.05, 0.1) is 5.56 Å². The van der Waals surface area contributed by atoms with E-state index in [9.17, 15) is 0 Å². The Morgan fingerprint density at radius 1 is 1.00 bits per heavy atom. The van der Waals surface area contributed by atoms with Gasteiger partial charge in [0.15, 0.2) is 5.96 Å². The zero-order chi connectivity index (χ0) is 17.6. The fraction of sp³-hybridized carbons (Fsp3) is 0.158. The Labute approximate surface area is 151 Å². The van der Waals surface area contributed by atoms with Crippen LogP contribution in [0, 0.1) is 0 Å². The van der Waals surface area contributed by atoms with Crippen LogP contribution in [0.15, 0.2) is 64.1 Å². The predicted molar refractivity (Wildman–Crippen MR) is 101 cm³/mol. The lowest BCUT2D eigenvalue weighted by atomic mass is 9.97. The van der Waals surface area contributed by atoms with E-state index in [0.717, 1.165) is 34.6 Å². The van der Waals surface area contributed by atoms with Crippen molar-refractivity contribution in [2.75, 3.05) is 6.54 Å². The molecule has 3 rings (SSSR count). The number of aryl methyl sites for hydroxylation is 1. The molecule has 0 saturated carbocycles. The smallest absolute Gasteiger partial charge is 0.185 e. The van der Waals surface area contributed by atoms with Gasteiger partial charge >= 0.3 is 0 Å². The number of aliphatic imine (C=N–C) groups is 1. The molecular weight excluding hydrogens is 336 g/mol. The van der Waals surface area contributed by atoms with Crippen LogP contribution in [0.5, 0.6) is 0 Å². The number of halogens is 1. The molecule has 3 aromatic rings. The third-order valence-corrected chi connectivity index (χ3v) is 4.05. The second-order valence-corrected chi connectivity index (χ2v) is 6.05. The van der Waals surface area contributed by atoms with Crippen LogP contribution < -0.4 is 11.5 Å². The van der Waals surface area contributed by atoms with Crippen molar-refractivity contribution in [3.63, 3.8) is 0 Å². The zero-order valence-electron chi connectivity index (χ0n) is 13.7. The zero-order valence-corrected chi connectivity index (χ0v) is 14.4. The van der Waals surface area contributed by atoms with Crippen LogP contribution in [-0.4, -0.2) is 17.7 Å². The fourth-order valence-electron chi connectivity index (χ4n) is 2.65. The molecule has 1 heterocycles. The highest BCUT2D eigenvalue weighted by Gasteiger charge is 2.18. The maximum absolute atomic E-state index is 5.99. The molecule has 128 valence electrons. The molecule has 0 radical (unpaired) electrons. The monoisotopic (exact) mass is 354 g/mol. The van der Waals surface area contributed by atoms with E-state index >= 15 is 0 Å². The molecule has 2 aromatic carbocycles. The van der Waals surface area contributed by atoms with Gasteiger partial charge in [0.1, 0.15) is 11.5 Å². The third kappa shape index (κ3) is 4.19. The summed E-state index contributed by atoms with van der Waals surface area (Å²) in [5, 5.41) is 4.99. The molecule has 0 atom stereocenters. The summed E-state index contributed by atoms with van der Waals surface area (Å²) in [4.78, 5) is 4.01. The lowest BCUT2D eigenvalue weighted by molar-refractivity contribution is 0.384. The minimum atomic E-state index is 0.0997. The minimum absolute atomic E-state index is 0.0997. The lowest BCUT2D eigenvalue weighted by Crippen LogP contribution is -2.23. The number of nitrogens with two attached hydrogens (primary N) is 2. The number of benzene rings is 2. The number of aromatic nitrogens is 1. The van der Waals surface area contributed by atoms with E-state index in [-0.39, 0.29) is 5.96 Å². The average Bonchev–Trinajstić information content (AvgIpc) is 3.04. The van der Waals surface area contributed by atoms with Crippen molar-refractivity contribution >= 4 is 17.6 Å². The molecule has 0 aliphatic carbocycles. The number of guanidine groups is 1. The number of hydrogen-bond acceptors (Lipinski definition) is 3. The van der Waals surface area contributed by atoms with Crippen LogP contribution in [0.25, 0.3) is 22.4 Å². The molecule has 0 fully saturated rings. The number of nitrogens with zero attached hydrogens (tertiary/aromatic N) is 2. The van der Waals surface area contributed by atoms with E-state index in [1.54, 1.807) is 0 Å². The molecule has 0 amide bonds. The van der Waals surface area contributed by atoms with E-state index in [4.69, 9.17) is 27.6 Å². The summed E-state index contributed by atoms with van der Waals surface area (Å²) in [7, 11) is 0. The first-order valence-corrected chi connectivity index (χ1v) is 8.38. The normalized spacial score (nSPS) is 10.6. The first-order chi connectivity index (χ1) is 12.1. The van der Waals surface area contributed by atoms with Crippen molar-refractivity contribution in [3.05, 3.63) is 65.4 Å². The van der Waals surface area contributed by atoms with Gasteiger partial charge in [-0.1, -0.05) is 59.2 Å². The van der Waals surface area contributed by atoms with Crippen molar-refractivity contribution in [3.8, 4) is 22.4 Å². The lowest BCUT2D eigenvalue weighted by Gasteiger charge is -2.05. The summed E-state index contributed by atoms with van der Waals surface area (Å²) in [6, 6.07) is 17.6. The Kier molecular flexibility index (Phi) is 5.36. The van der Waals surface area contributed by atoms with E-state index in [2.05, 4.69) is 10.1 Å². The van der Waals surface area contributed by atoms with E-state index in [1.807, 2.05) is 54.6 Å². The summed E-state index contributed by atoms with van der Waals surface area (Å²) in [6.07, 6.45) is 1.47. The van der Waals surface area contributed by atoms with Gasteiger partial charge < -0.3 is 16.0 Å². The third-order valence-electron chi connectivity index (χ3n) is 3.80. The van der Waals surface area contributed by atoms with Gasteiger partial charge in [-0.05, 0) is 24.1 Å². The first kappa shape index (κ1) is 17.0. The van der Waals surface area contributed by atoms with Crippen LogP contribution in [0.2, 0.25) is 5.02 Å². The van der Waals surface area contributed by atoms with Crippen LogP contribution in [-0.2, 0) is 6.42 Å². The van der Waals surface area contributed by atoms with Gasteiger partial charge in [0, 0.05) is 23.6 Å². The van der Waals surface area contributed by atoms with Crippen molar-refractivity contribution < 1.29 is 4.52 Å². The molecular formula is C19H19ClN4O. The summed E-state index contributed by atoms with van der Waals surface area (Å²) in [6.45, 7) is 0.549. The molecule has 0 aliphatic heterocycles. The van der Waals surface area contributed by atoms with Crippen molar-refractivity contribution in [2.24, 2.45) is 16.5 Å². The van der Waals surface area contributed by atoms with Crippen molar-refractivity contribution in [1.82, 2.24) is 5.16 Å². The summed E-state index contributed by atoms with van der Waals surface area (Å²) in [5.41, 5.74) is 14.6. The van der Waals surface area contributed by atoms with Gasteiger partial charge in [0.2, 0.25) is 0 Å². The number of hydrogen-bond donors (Lipinski definition) is 2. The van der Waals surface area contributed by atoms with E-state index < -0.39 is 0 Å². The Morgan fingerprint density at radius 2 is 1.72 bits per heavy atom. The average molecular weight is 355 g/mol. The van der Waals surface area contributed by atoms with Gasteiger partial charge in [-0.2, -0.15) is 0 Å². The van der Waals surface area contributed by atoms with Crippen LogP contribution in [0.4, 0.5) is 0 Å². The Morgan fingerprint density at radius 3 is 2.40 bits per heavy atom. The quantitative estimate of drug-likeness (QED) is 0.399. The molecule has 6 heteroatoms. The highest BCUT2D eigenvalue weighted by Crippen LogP contribution is 2.35. The number of rotatable bonds is 6. The molecule has 0 saturated heterocycles. The van der Waals surface area contributed by atoms with Gasteiger partial charge in [-0.25, -0.2) is 0 Å². The Balaban J connectivity index is 1.96. The van der Waals surface area contributed by atoms with Crippen LogP contribution in [0.1, 0.15) is 12.2 Å². The maximum Gasteiger partial charge on any atom is 0.185 e. The maximum atomic E-state index is 5.99. The SMILES string of the molecule is NC(N)=NCCCc1onc(-c2ccc(Cl)cc2)c1-c1ccccc1. The standard InChI is InChI=1S/C19H19ClN4O/c20-15-10-8-14(9-11-15)18-17(13-5-2-1-3-6-13)16(25-24-18)7-4-12-23-19(21)22/h1-3,5-6,8-11H,4,7,12H2,(H4,21,22,23). The largest absolute Gasteiger partial charge is 0.370 e. The molecule has 0 bridgehead atoms. The fourth-order valence-corrected chi connectivity index (χ4v) is 2.78. The molecule has 0 unspecified atom stereocenters. The first-order valence-electron chi connectivity index (χ1n) is 8.00. The summed E-state index contributed by atoms with van der Waals surface area (Å²) in [5.74, 6) is 0.921. The van der Waals surface area contributed by atoms with Crippen LogP contribution in [0.3, 0.4) is 0 Å². The van der Waals surface area contributed by atoms with Gasteiger partial charge in [0.25, 0.3) is 0 Å².